The first-order chi connectivity index (χ1) is 5.33. The molecule has 3 heteroatoms. The summed E-state index contributed by atoms with van der Waals surface area (Å²) in [7, 11) is 0. The number of aliphatic hydroxyl groups is 1. The lowest BCUT2D eigenvalue weighted by molar-refractivity contribution is -0.121. The first-order valence-electron chi connectivity index (χ1n) is 4.20. The Morgan fingerprint density at radius 1 is 1.55 bits per heavy atom. The van der Waals surface area contributed by atoms with Crippen LogP contribution in [0, 0.1) is 5.92 Å². The van der Waals surface area contributed by atoms with Crippen molar-refractivity contribution in [2.45, 2.75) is 25.7 Å². The lowest BCUT2D eigenvalue weighted by Gasteiger charge is -2.01. The van der Waals surface area contributed by atoms with E-state index in [0.29, 0.717) is 12.8 Å². The van der Waals surface area contributed by atoms with Gasteiger partial charge in [0.15, 0.2) is 0 Å². The van der Waals surface area contributed by atoms with E-state index in [-0.39, 0.29) is 12.5 Å². The number of nitrogens with one attached hydrogen (secondary N) is 1. The van der Waals surface area contributed by atoms with Gasteiger partial charge in [0, 0.05) is 19.6 Å². The van der Waals surface area contributed by atoms with Crippen LogP contribution in [-0.2, 0) is 4.79 Å². The van der Waals surface area contributed by atoms with Gasteiger partial charge in [-0.15, -0.1) is 0 Å². The SMILES string of the molecule is O=C(CCCO)NCC1CC1. The standard InChI is InChI=1S/C8H15NO2/c10-5-1-2-8(11)9-6-7-3-4-7/h7,10H,1-6H2,(H,9,11). The number of hydrogen-bond donors (Lipinski definition) is 2. The monoisotopic (exact) mass is 157 g/mol. The fraction of sp³-hybridized carbons (Fsp3) is 0.875. The molecule has 0 aromatic carbocycles. The summed E-state index contributed by atoms with van der Waals surface area (Å²) in [5, 5.41) is 11.3. The molecular formula is C8H15NO2. The van der Waals surface area contributed by atoms with Crippen LogP contribution < -0.4 is 5.32 Å². The van der Waals surface area contributed by atoms with Gasteiger partial charge in [-0.3, -0.25) is 4.79 Å². The van der Waals surface area contributed by atoms with Crippen molar-refractivity contribution in [1.82, 2.24) is 5.32 Å². The molecule has 0 aliphatic heterocycles. The smallest absolute Gasteiger partial charge is 0.220 e. The van der Waals surface area contributed by atoms with Crippen LogP contribution in [0.25, 0.3) is 0 Å². The van der Waals surface area contributed by atoms with Crippen LogP contribution >= 0.6 is 0 Å². The van der Waals surface area contributed by atoms with Gasteiger partial charge in [-0.25, -0.2) is 0 Å². The van der Waals surface area contributed by atoms with E-state index in [1.165, 1.54) is 12.8 Å². The Hall–Kier alpha value is -0.570. The molecule has 0 atom stereocenters. The summed E-state index contributed by atoms with van der Waals surface area (Å²) in [6.07, 6.45) is 3.57. The van der Waals surface area contributed by atoms with Crippen molar-refractivity contribution in [3.8, 4) is 0 Å². The Balaban J connectivity index is 1.91. The highest BCUT2D eigenvalue weighted by Gasteiger charge is 2.21. The summed E-state index contributed by atoms with van der Waals surface area (Å²) >= 11 is 0. The predicted octanol–water partition coefficient (Wildman–Crippen LogP) is 0.285. The van der Waals surface area contributed by atoms with Crippen molar-refractivity contribution in [3.05, 3.63) is 0 Å². The van der Waals surface area contributed by atoms with Gasteiger partial charge < -0.3 is 10.4 Å². The Bertz CT molecular complexity index is 132. The molecule has 0 saturated heterocycles. The maximum Gasteiger partial charge on any atom is 0.220 e. The zero-order chi connectivity index (χ0) is 8.10. The molecular weight excluding hydrogens is 142 g/mol. The lowest BCUT2D eigenvalue weighted by atomic mass is 10.3. The molecule has 1 rings (SSSR count). The molecule has 64 valence electrons. The summed E-state index contributed by atoms with van der Waals surface area (Å²) in [5.41, 5.74) is 0. The highest BCUT2D eigenvalue weighted by molar-refractivity contribution is 5.75. The van der Waals surface area contributed by atoms with Crippen LogP contribution in [-0.4, -0.2) is 24.2 Å². The van der Waals surface area contributed by atoms with E-state index in [4.69, 9.17) is 5.11 Å². The predicted molar refractivity (Wildman–Crippen MR) is 42.1 cm³/mol. The zero-order valence-corrected chi connectivity index (χ0v) is 6.68. The fourth-order valence-corrected chi connectivity index (χ4v) is 0.908. The zero-order valence-electron chi connectivity index (χ0n) is 6.68. The molecule has 1 aliphatic carbocycles. The molecule has 1 amide bonds. The van der Waals surface area contributed by atoms with Gasteiger partial charge in [0.2, 0.25) is 5.91 Å². The van der Waals surface area contributed by atoms with Gasteiger partial charge in [0.05, 0.1) is 0 Å². The Morgan fingerprint density at radius 2 is 2.27 bits per heavy atom. The third-order valence-electron chi connectivity index (χ3n) is 1.85. The lowest BCUT2D eigenvalue weighted by Crippen LogP contribution is -2.25. The first kappa shape index (κ1) is 8.53. The van der Waals surface area contributed by atoms with Gasteiger partial charge in [-0.1, -0.05) is 0 Å². The van der Waals surface area contributed by atoms with Gasteiger partial charge in [-0.05, 0) is 25.2 Å². The minimum atomic E-state index is 0.0750. The second-order valence-electron chi connectivity index (χ2n) is 3.07. The quantitative estimate of drug-likeness (QED) is 0.602. The summed E-state index contributed by atoms with van der Waals surface area (Å²) in [6.45, 7) is 0.946. The van der Waals surface area contributed by atoms with Crippen LogP contribution in [0.5, 0.6) is 0 Å². The molecule has 0 bridgehead atoms. The van der Waals surface area contributed by atoms with Crippen molar-refractivity contribution >= 4 is 5.91 Å². The van der Waals surface area contributed by atoms with E-state index in [2.05, 4.69) is 5.32 Å². The second kappa shape index (κ2) is 4.34. The van der Waals surface area contributed by atoms with Crippen molar-refractivity contribution in [2.24, 2.45) is 5.92 Å². The number of rotatable bonds is 5. The summed E-state index contributed by atoms with van der Waals surface area (Å²) in [4.78, 5) is 10.9. The average molecular weight is 157 g/mol. The van der Waals surface area contributed by atoms with E-state index in [1.807, 2.05) is 0 Å². The third kappa shape index (κ3) is 3.98. The van der Waals surface area contributed by atoms with Crippen molar-refractivity contribution in [3.63, 3.8) is 0 Å². The average Bonchev–Trinajstić information content (AvgIpc) is 2.80. The molecule has 0 unspecified atom stereocenters. The van der Waals surface area contributed by atoms with Crippen molar-refractivity contribution < 1.29 is 9.90 Å². The summed E-state index contributed by atoms with van der Waals surface area (Å²) in [5.74, 6) is 0.819. The van der Waals surface area contributed by atoms with Gasteiger partial charge >= 0.3 is 0 Å². The fourth-order valence-electron chi connectivity index (χ4n) is 0.908. The summed E-state index contributed by atoms with van der Waals surface area (Å²) in [6, 6.07) is 0. The van der Waals surface area contributed by atoms with Crippen LogP contribution in [0.4, 0.5) is 0 Å². The molecule has 2 N–H and O–H groups in total. The normalized spacial score (nSPS) is 16.5. The molecule has 0 radical (unpaired) electrons. The number of amides is 1. The van der Waals surface area contributed by atoms with Gasteiger partial charge in [-0.2, -0.15) is 0 Å². The molecule has 0 spiro atoms. The summed E-state index contributed by atoms with van der Waals surface area (Å²) < 4.78 is 0. The van der Waals surface area contributed by atoms with Crippen molar-refractivity contribution in [1.29, 1.82) is 0 Å². The molecule has 1 aliphatic rings. The van der Waals surface area contributed by atoms with Gasteiger partial charge in [0.1, 0.15) is 0 Å². The van der Waals surface area contributed by atoms with Gasteiger partial charge in [0.25, 0.3) is 0 Å². The molecule has 1 fully saturated rings. The van der Waals surface area contributed by atoms with E-state index in [1.54, 1.807) is 0 Å². The molecule has 3 nitrogen and oxygen atoms in total. The highest BCUT2D eigenvalue weighted by atomic mass is 16.3. The molecule has 11 heavy (non-hydrogen) atoms. The van der Waals surface area contributed by atoms with E-state index in [9.17, 15) is 4.79 Å². The third-order valence-corrected chi connectivity index (χ3v) is 1.85. The number of aliphatic hydroxyl groups excluding tert-OH is 1. The highest BCUT2D eigenvalue weighted by Crippen LogP contribution is 2.27. The van der Waals surface area contributed by atoms with Crippen LogP contribution in [0.2, 0.25) is 0 Å². The number of carbonyl (C=O) groups excluding carboxylic acids is 1. The van der Waals surface area contributed by atoms with Crippen molar-refractivity contribution in [2.75, 3.05) is 13.2 Å². The number of hydrogen-bond acceptors (Lipinski definition) is 2. The minimum absolute atomic E-state index is 0.0750. The molecule has 0 aromatic heterocycles. The van der Waals surface area contributed by atoms with Crippen LogP contribution in [0.1, 0.15) is 25.7 Å². The van der Waals surface area contributed by atoms with Crippen LogP contribution in [0.15, 0.2) is 0 Å². The van der Waals surface area contributed by atoms with E-state index in [0.717, 1.165) is 12.5 Å². The molecule has 0 heterocycles. The maximum atomic E-state index is 10.9. The topological polar surface area (TPSA) is 49.3 Å². The minimum Gasteiger partial charge on any atom is -0.396 e. The maximum absolute atomic E-state index is 10.9. The largest absolute Gasteiger partial charge is 0.396 e. The van der Waals surface area contributed by atoms with E-state index < -0.39 is 0 Å². The first-order valence-corrected chi connectivity index (χ1v) is 4.20. The van der Waals surface area contributed by atoms with E-state index >= 15 is 0 Å². The van der Waals surface area contributed by atoms with Crippen LogP contribution in [0.3, 0.4) is 0 Å². The number of carbonyl (C=O) groups is 1. The Kier molecular flexibility index (Phi) is 3.36. The Morgan fingerprint density at radius 3 is 2.82 bits per heavy atom. The Labute approximate surface area is 66.8 Å². The molecule has 0 aromatic rings. The second-order valence-corrected chi connectivity index (χ2v) is 3.07. The molecule has 1 saturated carbocycles.